The smallest absolute Gasteiger partial charge is 0.410 e. The van der Waals surface area contributed by atoms with E-state index < -0.39 is 17.6 Å². The number of ether oxygens (including phenoxy) is 1. The molecule has 9 nitrogen and oxygen atoms in total. The Balaban J connectivity index is 1.56. The number of nitrogens with zero attached hydrogens (tertiary/aromatic N) is 2. The van der Waals surface area contributed by atoms with Gasteiger partial charge in [-0.15, -0.1) is 0 Å². The van der Waals surface area contributed by atoms with Crippen LogP contribution < -0.4 is 10.7 Å². The zero-order chi connectivity index (χ0) is 27.4. The summed E-state index contributed by atoms with van der Waals surface area (Å²) >= 11 is 5.91. The van der Waals surface area contributed by atoms with Gasteiger partial charge in [-0.3, -0.25) is 4.79 Å². The van der Waals surface area contributed by atoms with Crippen LogP contribution >= 0.6 is 11.6 Å². The van der Waals surface area contributed by atoms with E-state index in [1.165, 1.54) is 6.07 Å². The number of hydrogen-bond acceptors (Lipinski definition) is 7. The summed E-state index contributed by atoms with van der Waals surface area (Å²) in [6, 6.07) is 6.38. The maximum absolute atomic E-state index is 13.5. The molecule has 1 saturated heterocycles. The third-order valence-corrected chi connectivity index (χ3v) is 7.51. The second kappa shape index (κ2) is 9.47. The third-order valence-electron chi connectivity index (χ3n) is 7.30. The van der Waals surface area contributed by atoms with E-state index in [1.807, 2.05) is 26.0 Å². The summed E-state index contributed by atoms with van der Waals surface area (Å²) in [4.78, 5) is 42.7. The van der Waals surface area contributed by atoms with Crippen molar-refractivity contribution in [1.82, 2.24) is 9.88 Å². The number of rotatable bonds is 5. The minimum Gasteiger partial charge on any atom is -0.476 e. The number of nitrogens with one attached hydrogen (secondary N) is 1. The zero-order valence-corrected chi connectivity index (χ0v) is 22.3. The maximum Gasteiger partial charge on any atom is 0.410 e. The number of pyridine rings is 1. The molecule has 5 rings (SSSR count). The van der Waals surface area contributed by atoms with Gasteiger partial charge in [0, 0.05) is 24.6 Å². The molecule has 1 aliphatic heterocycles. The summed E-state index contributed by atoms with van der Waals surface area (Å²) in [6.45, 7) is 6.05. The van der Waals surface area contributed by atoms with E-state index in [4.69, 9.17) is 20.8 Å². The molecule has 0 radical (unpaired) electrons. The van der Waals surface area contributed by atoms with Gasteiger partial charge in [0.1, 0.15) is 22.1 Å². The van der Waals surface area contributed by atoms with Crippen LogP contribution in [-0.2, 0) is 4.74 Å². The van der Waals surface area contributed by atoms with Crippen molar-refractivity contribution < 1.29 is 23.8 Å². The van der Waals surface area contributed by atoms with Crippen molar-refractivity contribution in [2.45, 2.75) is 51.7 Å². The van der Waals surface area contributed by atoms with Crippen molar-refractivity contribution in [2.24, 2.45) is 0 Å². The number of allylic oxidation sites excluding steroid dienone is 1. The number of carbonyl (C=O) groups is 2. The summed E-state index contributed by atoms with van der Waals surface area (Å²) in [5.41, 5.74) is 2.89. The first kappa shape index (κ1) is 25.8. The van der Waals surface area contributed by atoms with E-state index in [1.54, 1.807) is 31.0 Å². The van der Waals surface area contributed by atoms with Crippen LogP contribution in [0, 0.1) is 13.8 Å². The monoisotopic (exact) mass is 537 g/mol. The standard InChI is InChI=1S/C28H28ClN3O6/c1-14-11-18(16(3)30-20-5-6-21(29)31-22(20)26(34)35)25-19(12-14)23(33)15(2)24(37-25)17-7-9-28(10-8-17)13-32(4)27(36)38-28/h5-7,11-12,16,30H,8-10,13H2,1-4H3,(H,34,35)/t16-,28?/m1/s1. The first-order valence-corrected chi connectivity index (χ1v) is 12.7. The van der Waals surface area contributed by atoms with Gasteiger partial charge < -0.3 is 24.5 Å². The first-order chi connectivity index (χ1) is 18.0. The van der Waals surface area contributed by atoms with Crippen LogP contribution in [0.5, 0.6) is 0 Å². The Hall–Kier alpha value is -3.85. The Morgan fingerprint density at radius 2 is 2.03 bits per heavy atom. The van der Waals surface area contributed by atoms with E-state index >= 15 is 0 Å². The molecule has 10 heteroatoms. The highest BCUT2D eigenvalue weighted by Gasteiger charge is 2.44. The number of aryl methyl sites for hydroxylation is 1. The highest BCUT2D eigenvalue weighted by atomic mass is 35.5. The molecule has 1 aromatic carbocycles. The molecule has 2 aliphatic rings. The molecule has 1 aliphatic carbocycles. The number of aromatic nitrogens is 1. The number of benzene rings is 1. The van der Waals surface area contributed by atoms with Crippen LogP contribution in [-0.4, -0.2) is 46.2 Å². The number of halogens is 1. The molecule has 3 aromatic rings. The van der Waals surface area contributed by atoms with Crippen LogP contribution in [0.3, 0.4) is 0 Å². The molecule has 198 valence electrons. The molecule has 1 unspecified atom stereocenters. The quantitative estimate of drug-likeness (QED) is 0.396. The number of carboxylic acids is 1. The van der Waals surface area contributed by atoms with Gasteiger partial charge in [0.05, 0.1) is 23.7 Å². The van der Waals surface area contributed by atoms with Crippen LogP contribution in [0.15, 0.2) is 39.6 Å². The SMILES string of the molecule is Cc1cc([C@@H](C)Nc2ccc(Cl)nc2C(=O)O)c2oc(C3=CCC4(CC3)CN(C)C(=O)O4)c(C)c(=O)c2c1. The molecule has 1 spiro atoms. The molecule has 1 amide bonds. The third kappa shape index (κ3) is 4.51. The number of likely N-dealkylation sites (N-methyl/N-ethyl adjacent to an activating group) is 1. The van der Waals surface area contributed by atoms with Crippen LogP contribution in [0.2, 0.25) is 5.15 Å². The molecule has 38 heavy (non-hydrogen) atoms. The molecular weight excluding hydrogens is 510 g/mol. The minimum atomic E-state index is -1.21. The Labute approximate surface area is 224 Å². The minimum absolute atomic E-state index is 0.0780. The van der Waals surface area contributed by atoms with Gasteiger partial charge in [-0.05, 0) is 62.9 Å². The lowest BCUT2D eigenvalue weighted by molar-refractivity contribution is 0.0504. The molecule has 1 fully saturated rings. The number of carboxylic acid groups (broad SMARTS) is 1. The van der Waals surface area contributed by atoms with Crippen molar-refractivity contribution in [2.75, 3.05) is 18.9 Å². The van der Waals surface area contributed by atoms with Crippen LogP contribution in [0.25, 0.3) is 16.5 Å². The molecule has 0 saturated carbocycles. The highest BCUT2D eigenvalue weighted by molar-refractivity contribution is 6.29. The lowest BCUT2D eigenvalue weighted by Crippen LogP contribution is -2.35. The normalized spacial score (nSPS) is 20.0. The van der Waals surface area contributed by atoms with Gasteiger partial charge in [-0.25, -0.2) is 14.6 Å². The lowest BCUT2D eigenvalue weighted by atomic mass is 9.84. The predicted octanol–water partition coefficient (Wildman–Crippen LogP) is 5.72. The van der Waals surface area contributed by atoms with E-state index in [0.29, 0.717) is 59.4 Å². The summed E-state index contributed by atoms with van der Waals surface area (Å²) in [7, 11) is 1.72. The maximum atomic E-state index is 13.5. The van der Waals surface area contributed by atoms with Gasteiger partial charge in [0.25, 0.3) is 0 Å². The number of carbonyl (C=O) groups excluding carboxylic acids is 1. The van der Waals surface area contributed by atoms with Gasteiger partial charge in [-0.2, -0.15) is 0 Å². The summed E-state index contributed by atoms with van der Waals surface area (Å²) in [5.74, 6) is -0.686. The molecule has 2 atom stereocenters. The van der Waals surface area contributed by atoms with E-state index in [-0.39, 0.29) is 22.4 Å². The average molecular weight is 538 g/mol. The van der Waals surface area contributed by atoms with E-state index in [2.05, 4.69) is 10.3 Å². The molecule has 2 N–H and O–H groups in total. The molecule has 2 aromatic heterocycles. The number of hydrogen-bond donors (Lipinski definition) is 2. The summed E-state index contributed by atoms with van der Waals surface area (Å²) in [5, 5.41) is 13.3. The van der Waals surface area contributed by atoms with Crippen molar-refractivity contribution in [1.29, 1.82) is 0 Å². The average Bonchev–Trinajstić information content (AvgIpc) is 3.15. The van der Waals surface area contributed by atoms with Crippen LogP contribution in [0.4, 0.5) is 10.5 Å². The van der Waals surface area contributed by atoms with Crippen molar-refractivity contribution in [3.63, 3.8) is 0 Å². The molecule has 3 heterocycles. The summed E-state index contributed by atoms with van der Waals surface area (Å²) < 4.78 is 12.1. The van der Waals surface area contributed by atoms with Crippen molar-refractivity contribution >= 4 is 45.9 Å². The Bertz CT molecular complexity index is 1580. The number of aromatic carboxylic acids is 1. The fourth-order valence-electron chi connectivity index (χ4n) is 5.33. The Kier molecular flexibility index (Phi) is 6.43. The number of anilines is 1. The lowest BCUT2D eigenvalue weighted by Gasteiger charge is -2.30. The van der Waals surface area contributed by atoms with Gasteiger partial charge >= 0.3 is 12.1 Å². The highest BCUT2D eigenvalue weighted by Crippen LogP contribution is 2.40. The second-order valence-electron chi connectivity index (χ2n) is 10.2. The first-order valence-electron chi connectivity index (χ1n) is 12.4. The predicted molar refractivity (Wildman–Crippen MR) is 144 cm³/mol. The van der Waals surface area contributed by atoms with E-state index in [0.717, 1.165) is 11.1 Å². The Morgan fingerprint density at radius 3 is 2.66 bits per heavy atom. The van der Waals surface area contributed by atoms with Crippen molar-refractivity contribution in [3.8, 4) is 0 Å². The topological polar surface area (TPSA) is 122 Å². The fourth-order valence-corrected chi connectivity index (χ4v) is 5.48. The molecular formula is C28H28ClN3O6. The summed E-state index contributed by atoms with van der Waals surface area (Å²) in [6.07, 6.45) is 3.46. The zero-order valence-electron chi connectivity index (χ0n) is 21.6. The van der Waals surface area contributed by atoms with E-state index in [9.17, 15) is 19.5 Å². The fraction of sp³-hybridized carbons (Fsp3) is 0.357. The molecule has 0 bridgehead atoms. The Morgan fingerprint density at radius 1 is 1.26 bits per heavy atom. The number of amides is 1. The van der Waals surface area contributed by atoms with Gasteiger partial charge in [0.15, 0.2) is 11.1 Å². The largest absolute Gasteiger partial charge is 0.476 e. The number of fused-ring (bicyclic) bond motifs is 1. The van der Waals surface area contributed by atoms with Crippen molar-refractivity contribution in [3.05, 3.63) is 73.9 Å². The van der Waals surface area contributed by atoms with Gasteiger partial charge in [0.2, 0.25) is 0 Å². The van der Waals surface area contributed by atoms with Crippen LogP contribution in [0.1, 0.15) is 65.2 Å². The van der Waals surface area contributed by atoms with Gasteiger partial charge in [-0.1, -0.05) is 23.7 Å². The second-order valence-corrected chi connectivity index (χ2v) is 10.5.